The normalized spacial score (nSPS) is 14.0. The minimum Gasteiger partial charge on any atom is -0.490 e. The third-order valence-corrected chi connectivity index (χ3v) is 6.39. The van der Waals surface area contributed by atoms with E-state index in [0.29, 0.717) is 11.2 Å². The molecule has 0 spiro atoms. The highest BCUT2D eigenvalue weighted by atomic mass is 35.5. The highest BCUT2D eigenvalue weighted by Crippen LogP contribution is 2.42. The second kappa shape index (κ2) is 9.99. The Bertz CT molecular complexity index is 1470. The van der Waals surface area contributed by atoms with E-state index in [1.165, 1.54) is 19.2 Å². The fourth-order valence-corrected chi connectivity index (χ4v) is 4.53. The summed E-state index contributed by atoms with van der Waals surface area (Å²) in [7, 11) is 0. The molecule has 0 saturated heterocycles. The SMILES string of the molecule is Cc1nc([C@@](C)(O)c2cc(Cl)c(F)c(C(=O)N[C@@H](C)c3ccccc3)c2OC(C)C)n2ccnc(N)c12. The van der Waals surface area contributed by atoms with Crippen LogP contribution in [0.5, 0.6) is 5.75 Å². The minimum atomic E-state index is -1.87. The molecule has 1 amide bonds. The van der Waals surface area contributed by atoms with Gasteiger partial charge in [-0.2, -0.15) is 0 Å². The summed E-state index contributed by atoms with van der Waals surface area (Å²) in [5, 5.41) is 14.4. The van der Waals surface area contributed by atoms with Crippen molar-refractivity contribution in [2.24, 2.45) is 0 Å². The molecular formula is C27H29ClFN5O3. The molecule has 0 aliphatic carbocycles. The first-order valence-electron chi connectivity index (χ1n) is 11.8. The van der Waals surface area contributed by atoms with Crippen LogP contribution in [0, 0.1) is 12.7 Å². The molecule has 0 aliphatic heterocycles. The Morgan fingerprint density at radius 3 is 2.59 bits per heavy atom. The number of nitrogens with one attached hydrogen (secondary N) is 1. The van der Waals surface area contributed by atoms with Gasteiger partial charge in [0.25, 0.3) is 5.91 Å². The maximum atomic E-state index is 15.5. The third kappa shape index (κ3) is 4.84. The quantitative estimate of drug-likeness (QED) is 0.314. The summed E-state index contributed by atoms with van der Waals surface area (Å²) in [5.74, 6) is -1.40. The summed E-state index contributed by atoms with van der Waals surface area (Å²) in [6, 6.07) is 10.1. The van der Waals surface area contributed by atoms with Crippen LogP contribution in [0.1, 0.15) is 66.7 Å². The largest absolute Gasteiger partial charge is 0.490 e. The van der Waals surface area contributed by atoms with E-state index in [2.05, 4.69) is 15.3 Å². The molecule has 0 bridgehead atoms. The number of aryl methyl sites for hydroxylation is 1. The van der Waals surface area contributed by atoms with Gasteiger partial charge >= 0.3 is 0 Å². The molecule has 10 heteroatoms. The molecular weight excluding hydrogens is 497 g/mol. The van der Waals surface area contributed by atoms with Gasteiger partial charge in [0.15, 0.2) is 5.82 Å². The number of benzene rings is 2. The predicted molar refractivity (Wildman–Crippen MR) is 140 cm³/mol. The Morgan fingerprint density at radius 1 is 1.27 bits per heavy atom. The Kier molecular flexibility index (Phi) is 7.12. The lowest BCUT2D eigenvalue weighted by atomic mass is 9.91. The number of hydrogen-bond acceptors (Lipinski definition) is 6. The van der Waals surface area contributed by atoms with Crippen molar-refractivity contribution in [3.8, 4) is 5.75 Å². The summed E-state index contributed by atoms with van der Waals surface area (Å²) in [6.07, 6.45) is 2.64. The van der Waals surface area contributed by atoms with Crippen LogP contribution in [-0.4, -0.2) is 31.5 Å². The topological polar surface area (TPSA) is 115 Å². The molecule has 0 aliphatic rings. The summed E-state index contributed by atoms with van der Waals surface area (Å²) >= 11 is 6.29. The van der Waals surface area contributed by atoms with E-state index >= 15 is 4.39 Å². The first-order chi connectivity index (χ1) is 17.4. The van der Waals surface area contributed by atoms with Gasteiger partial charge in [0.2, 0.25) is 0 Å². The van der Waals surface area contributed by atoms with E-state index < -0.39 is 35.0 Å². The lowest BCUT2D eigenvalue weighted by Gasteiger charge is -2.28. The van der Waals surface area contributed by atoms with Gasteiger partial charge in [-0.1, -0.05) is 41.9 Å². The lowest BCUT2D eigenvalue weighted by molar-refractivity contribution is 0.0839. The van der Waals surface area contributed by atoms with Crippen LogP contribution in [0.15, 0.2) is 48.8 Å². The number of carbonyl (C=O) groups excluding carboxylic acids is 1. The number of imidazole rings is 1. The molecule has 2 aromatic carbocycles. The molecule has 0 radical (unpaired) electrons. The van der Waals surface area contributed by atoms with Gasteiger partial charge in [0.05, 0.1) is 22.9 Å². The smallest absolute Gasteiger partial charge is 0.258 e. The van der Waals surface area contributed by atoms with Gasteiger partial charge in [0.1, 0.15) is 34.1 Å². The lowest BCUT2D eigenvalue weighted by Crippen LogP contribution is -2.32. The van der Waals surface area contributed by atoms with Crippen molar-refractivity contribution in [3.63, 3.8) is 0 Å². The van der Waals surface area contributed by atoms with Crippen molar-refractivity contribution in [2.75, 3.05) is 5.73 Å². The van der Waals surface area contributed by atoms with Crippen LogP contribution < -0.4 is 15.8 Å². The summed E-state index contributed by atoms with van der Waals surface area (Å²) < 4.78 is 23.1. The van der Waals surface area contributed by atoms with Gasteiger partial charge in [-0.05, 0) is 46.2 Å². The molecule has 0 saturated carbocycles. The maximum absolute atomic E-state index is 15.5. The number of anilines is 1. The summed E-state index contributed by atoms with van der Waals surface area (Å²) in [6.45, 7) is 8.47. The number of rotatable bonds is 7. The number of fused-ring (bicyclic) bond motifs is 1. The van der Waals surface area contributed by atoms with Crippen molar-refractivity contribution in [2.45, 2.75) is 52.4 Å². The van der Waals surface area contributed by atoms with E-state index in [4.69, 9.17) is 22.1 Å². The van der Waals surface area contributed by atoms with Crippen LogP contribution in [-0.2, 0) is 5.60 Å². The van der Waals surface area contributed by atoms with Crippen LogP contribution in [0.4, 0.5) is 10.2 Å². The second-order valence-corrected chi connectivity index (χ2v) is 9.73. The molecule has 0 fully saturated rings. The van der Waals surface area contributed by atoms with Gasteiger partial charge in [-0.15, -0.1) is 0 Å². The summed E-state index contributed by atoms with van der Waals surface area (Å²) in [4.78, 5) is 22.1. The molecule has 8 nitrogen and oxygen atoms in total. The number of nitrogen functional groups attached to an aromatic ring is 1. The zero-order chi connectivity index (χ0) is 27.1. The van der Waals surface area contributed by atoms with Crippen molar-refractivity contribution >= 4 is 28.8 Å². The van der Waals surface area contributed by atoms with Crippen LogP contribution in [0.3, 0.4) is 0 Å². The van der Waals surface area contributed by atoms with E-state index in [1.807, 2.05) is 30.3 Å². The molecule has 2 aromatic heterocycles. The number of nitrogens with zero attached hydrogens (tertiary/aromatic N) is 3. The fourth-order valence-electron chi connectivity index (χ4n) is 4.33. The number of aliphatic hydroxyl groups is 1. The Morgan fingerprint density at radius 2 is 1.95 bits per heavy atom. The standard InChI is InChI=1S/C27H29ClFN5O3/c1-14(2)37-23-18(27(5,36)26-33-16(4)22-24(30)31-11-12-34(22)26)13-19(28)21(29)20(23)25(35)32-15(3)17-9-7-6-8-10-17/h6-15,36H,1-5H3,(H2,30,31)(H,32,35)/t15-,27-/m0/s1. The summed E-state index contributed by atoms with van der Waals surface area (Å²) in [5.41, 5.74) is 5.74. The first-order valence-corrected chi connectivity index (χ1v) is 12.2. The molecule has 2 atom stereocenters. The zero-order valence-corrected chi connectivity index (χ0v) is 22.0. The highest BCUT2D eigenvalue weighted by Gasteiger charge is 2.39. The molecule has 0 unspecified atom stereocenters. The Labute approximate surface area is 219 Å². The number of hydrogen-bond donors (Lipinski definition) is 3. The van der Waals surface area contributed by atoms with Crippen molar-refractivity contribution in [3.05, 3.63) is 87.8 Å². The molecule has 4 rings (SSSR count). The molecule has 4 aromatic rings. The number of aromatic nitrogens is 3. The third-order valence-electron chi connectivity index (χ3n) is 6.12. The first kappa shape index (κ1) is 26.4. The predicted octanol–water partition coefficient (Wildman–Crippen LogP) is 4.95. The van der Waals surface area contributed by atoms with Crippen LogP contribution in [0.2, 0.25) is 5.02 Å². The minimum absolute atomic E-state index is 0.0763. The van der Waals surface area contributed by atoms with E-state index in [9.17, 15) is 9.90 Å². The van der Waals surface area contributed by atoms with Gasteiger partial charge in [-0.3, -0.25) is 9.20 Å². The molecule has 4 N–H and O–H groups in total. The van der Waals surface area contributed by atoms with Crippen molar-refractivity contribution in [1.29, 1.82) is 0 Å². The van der Waals surface area contributed by atoms with E-state index in [-0.39, 0.29) is 28.0 Å². The Balaban J connectivity index is 1.90. The second-order valence-electron chi connectivity index (χ2n) is 9.32. The number of ether oxygens (including phenoxy) is 1. The number of amides is 1. The fraction of sp³-hybridized carbons (Fsp3) is 0.296. The van der Waals surface area contributed by atoms with Crippen LogP contribution in [0.25, 0.3) is 5.52 Å². The molecule has 37 heavy (non-hydrogen) atoms. The highest BCUT2D eigenvalue weighted by molar-refractivity contribution is 6.31. The average Bonchev–Trinajstić information content (AvgIpc) is 3.20. The van der Waals surface area contributed by atoms with E-state index in [1.54, 1.807) is 38.3 Å². The van der Waals surface area contributed by atoms with Gasteiger partial charge in [-0.25, -0.2) is 14.4 Å². The van der Waals surface area contributed by atoms with Crippen molar-refractivity contribution < 1.29 is 19.0 Å². The van der Waals surface area contributed by atoms with Crippen molar-refractivity contribution in [1.82, 2.24) is 19.7 Å². The average molecular weight is 526 g/mol. The van der Waals surface area contributed by atoms with Gasteiger partial charge < -0.3 is 20.9 Å². The number of nitrogens with two attached hydrogens (primary N) is 1. The number of carbonyl (C=O) groups is 1. The van der Waals surface area contributed by atoms with Gasteiger partial charge in [0, 0.05) is 18.0 Å². The Hall–Kier alpha value is -3.69. The van der Waals surface area contributed by atoms with E-state index in [0.717, 1.165) is 5.56 Å². The maximum Gasteiger partial charge on any atom is 0.258 e. The zero-order valence-electron chi connectivity index (χ0n) is 21.2. The monoisotopic (exact) mass is 525 g/mol. The molecule has 2 heterocycles. The molecule has 194 valence electrons. The van der Waals surface area contributed by atoms with Crippen LogP contribution >= 0.6 is 11.6 Å². The number of halogens is 2.